The Morgan fingerprint density at radius 2 is 2.05 bits per heavy atom. The SMILES string of the molecule is Fc1ccc(CNc2cccc(C3CCCN3)n2)cc1. The summed E-state index contributed by atoms with van der Waals surface area (Å²) in [6.45, 7) is 1.72. The third-order valence-corrected chi connectivity index (χ3v) is 3.57. The zero-order chi connectivity index (χ0) is 13.8. The van der Waals surface area contributed by atoms with Crippen LogP contribution in [0.3, 0.4) is 0 Å². The third kappa shape index (κ3) is 3.14. The molecule has 0 spiro atoms. The fourth-order valence-corrected chi connectivity index (χ4v) is 2.48. The van der Waals surface area contributed by atoms with Crippen LogP contribution in [0.15, 0.2) is 42.5 Å². The first kappa shape index (κ1) is 13.1. The van der Waals surface area contributed by atoms with Crippen molar-refractivity contribution in [3.63, 3.8) is 0 Å². The number of hydrogen-bond acceptors (Lipinski definition) is 3. The van der Waals surface area contributed by atoms with Crippen LogP contribution in [0.5, 0.6) is 0 Å². The first-order valence-corrected chi connectivity index (χ1v) is 7.00. The number of benzene rings is 1. The van der Waals surface area contributed by atoms with Gasteiger partial charge in [-0.15, -0.1) is 0 Å². The maximum atomic E-state index is 12.8. The number of halogens is 1. The summed E-state index contributed by atoms with van der Waals surface area (Å²) in [5.74, 6) is 0.654. The lowest BCUT2D eigenvalue weighted by Crippen LogP contribution is -2.14. The quantitative estimate of drug-likeness (QED) is 0.896. The molecule has 1 fully saturated rings. The molecule has 1 atom stereocenters. The van der Waals surface area contributed by atoms with Crippen LogP contribution in [-0.2, 0) is 6.54 Å². The maximum Gasteiger partial charge on any atom is 0.126 e. The van der Waals surface area contributed by atoms with Crippen molar-refractivity contribution in [2.24, 2.45) is 0 Å². The van der Waals surface area contributed by atoms with Crippen LogP contribution in [0.25, 0.3) is 0 Å². The predicted molar refractivity (Wildman–Crippen MR) is 77.9 cm³/mol. The molecule has 1 unspecified atom stereocenters. The highest BCUT2D eigenvalue weighted by atomic mass is 19.1. The first-order chi connectivity index (χ1) is 9.81. The Hall–Kier alpha value is -1.94. The molecule has 1 aliphatic heterocycles. The molecular formula is C16H18FN3. The highest BCUT2D eigenvalue weighted by molar-refractivity contribution is 5.37. The van der Waals surface area contributed by atoms with Gasteiger partial charge in [-0.2, -0.15) is 0 Å². The zero-order valence-electron chi connectivity index (χ0n) is 11.3. The molecule has 104 valence electrons. The van der Waals surface area contributed by atoms with Crippen molar-refractivity contribution in [3.8, 4) is 0 Å². The van der Waals surface area contributed by atoms with Crippen molar-refractivity contribution >= 4 is 5.82 Å². The first-order valence-electron chi connectivity index (χ1n) is 7.00. The Bertz CT molecular complexity index is 562. The van der Waals surface area contributed by atoms with E-state index in [2.05, 4.69) is 21.7 Å². The van der Waals surface area contributed by atoms with Crippen LogP contribution in [0.4, 0.5) is 10.2 Å². The topological polar surface area (TPSA) is 37.0 Å². The van der Waals surface area contributed by atoms with Crippen LogP contribution in [0.2, 0.25) is 0 Å². The lowest BCUT2D eigenvalue weighted by atomic mass is 10.1. The molecule has 4 heteroatoms. The number of nitrogens with zero attached hydrogens (tertiary/aromatic N) is 1. The molecule has 1 aliphatic rings. The van der Waals surface area contributed by atoms with E-state index in [0.717, 1.165) is 30.0 Å². The monoisotopic (exact) mass is 271 g/mol. The molecule has 1 saturated heterocycles. The summed E-state index contributed by atoms with van der Waals surface area (Å²) in [5, 5.41) is 6.73. The van der Waals surface area contributed by atoms with Gasteiger partial charge in [0.05, 0.1) is 5.69 Å². The summed E-state index contributed by atoms with van der Waals surface area (Å²) in [5.41, 5.74) is 2.13. The molecule has 2 heterocycles. The highest BCUT2D eigenvalue weighted by Crippen LogP contribution is 2.22. The fourth-order valence-electron chi connectivity index (χ4n) is 2.48. The normalized spacial score (nSPS) is 18.1. The van der Waals surface area contributed by atoms with Crippen LogP contribution in [-0.4, -0.2) is 11.5 Å². The van der Waals surface area contributed by atoms with Gasteiger partial charge < -0.3 is 10.6 Å². The summed E-state index contributed by atoms with van der Waals surface area (Å²) < 4.78 is 12.8. The van der Waals surface area contributed by atoms with Gasteiger partial charge >= 0.3 is 0 Å². The molecular weight excluding hydrogens is 253 g/mol. The summed E-state index contributed by atoms with van der Waals surface area (Å²) in [6, 6.07) is 12.9. The van der Waals surface area contributed by atoms with Crippen molar-refractivity contribution < 1.29 is 4.39 Å². The van der Waals surface area contributed by atoms with Gasteiger partial charge in [0, 0.05) is 12.6 Å². The lowest BCUT2D eigenvalue weighted by Gasteiger charge is -2.12. The van der Waals surface area contributed by atoms with E-state index in [9.17, 15) is 4.39 Å². The Kier molecular flexibility index (Phi) is 3.92. The minimum absolute atomic E-state index is 0.207. The van der Waals surface area contributed by atoms with Crippen LogP contribution in [0.1, 0.15) is 30.1 Å². The van der Waals surface area contributed by atoms with Gasteiger partial charge in [-0.05, 0) is 49.2 Å². The molecule has 3 rings (SSSR count). The van der Waals surface area contributed by atoms with E-state index in [0.29, 0.717) is 12.6 Å². The van der Waals surface area contributed by atoms with Gasteiger partial charge in [0.25, 0.3) is 0 Å². The third-order valence-electron chi connectivity index (χ3n) is 3.57. The molecule has 0 amide bonds. The molecule has 0 saturated carbocycles. The van der Waals surface area contributed by atoms with Crippen molar-refractivity contribution in [1.82, 2.24) is 10.3 Å². The smallest absolute Gasteiger partial charge is 0.126 e. The second kappa shape index (κ2) is 6.01. The Labute approximate surface area is 118 Å². The van der Waals surface area contributed by atoms with E-state index in [4.69, 9.17) is 0 Å². The second-order valence-electron chi connectivity index (χ2n) is 5.08. The summed E-state index contributed by atoms with van der Waals surface area (Å²) in [7, 11) is 0. The standard InChI is InChI=1S/C16H18FN3/c17-13-8-6-12(7-9-13)11-19-16-5-1-3-15(20-16)14-4-2-10-18-14/h1,3,5-9,14,18H,2,4,10-11H2,(H,19,20). The van der Waals surface area contributed by atoms with Gasteiger partial charge in [0.15, 0.2) is 0 Å². The summed E-state index contributed by atoms with van der Waals surface area (Å²) in [6.07, 6.45) is 2.36. The minimum Gasteiger partial charge on any atom is -0.366 e. The number of aromatic nitrogens is 1. The molecule has 0 aliphatic carbocycles. The lowest BCUT2D eigenvalue weighted by molar-refractivity contribution is 0.627. The van der Waals surface area contributed by atoms with Crippen molar-refractivity contribution in [2.45, 2.75) is 25.4 Å². The van der Waals surface area contributed by atoms with Gasteiger partial charge in [-0.25, -0.2) is 9.37 Å². The maximum absolute atomic E-state index is 12.8. The van der Waals surface area contributed by atoms with E-state index >= 15 is 0 Å². The number of rotatable bonds is 4. The Morgan fingerprint density at radius 3 is 2.80 bits per heavy atom. The zero-order valence-corrected chi connectivity index (χ0v) is 11.3. The average Bonchev–Trinajstić information content (AvgIpc) is 3.01. The molecule has 20 heavy (non-hydrogen) atoms. The molecule has 0 radical (unpaired) electrons. The second-order valence-corrected chi connectivity index (χ2v) is 5.08. The van der Waals surface area contributed by atoms with Crippen LogP contribution < -0.4 is 10.6 Å². The van der Waals surface area contributed by atoms with Crippen LogP contribution >= 0.6 is 0 Å². The van der Waals surface area contributed by atoms with Gasteiger partial charge in [0.2, 0.25) is 0 Å². The average molecular weight is 271 g/mol. The van der Waals surface area contributed by atoms with Gasteiger partial charge in [-0.1, -0.05) is 18.2 Å². The van der Waals surface area contributed by atoms with E-state index in [-0.39, 0.29) is 5.82 Å². The molecule has 2 aromatic rings. The van der Waals surface area contributed by atoms with Crippen LogP contribution in [0, 0.1) is 5.82 Å². The minimum atomic E-state index is -0.207. The molecule has 1 aromatic carbocycles. The Morgan fingerprint density at radius 1 is 1.20 bits per heavy atom. The van der Waals surface area contributed by atoms with Crippen molar-refractivity contribution in [2.75, 3.05) is 11.9 Å². The fraction of sp³-hybridized carbons (Fsp3) is 0.312. The number of anilines is 1. The molecule has 2 N–H and O–H groups in total. The number of hydrogen-bond donors (Lipinski definition) is 2. The highest BCUT2D eigenvalue weighted by Gasteiger charge is 2.17. The summed E-state index contributed by atoms with van der Waals surface area (Å²) >= 11 is 0. The molecule has 0 bridgehead atoms. The van der Waals surface area contributed by atoms with Crippen molar-refractivity contribution in [1.29, 1.82) is 0 Å². The van der Waals surface area contributed by atoms with E-state index in [1.54, 1.807) is 12.1 Å². The molecule has 3 nitrogen and oxygen atoms in total. The Balaban J connectivity index is 1.65. The molecule has 1 aromatic heterocycles. The number of nitrogens with one attached hydrogen (secondary N) is 2. The number of pyridine rings is 1. The van der Waals surface area contributed by atoms with E-state index < -0.39 is 0 Å². The largest absolute Gasteiger partial charge is 0.366 e. The van der Waals surface area contributed by atoms with E-state index in [1.807, 2.05) is 12.1 Å². The predicted octanol–water partition coefficient (Wildman–Crippen LogP) is 3.26. The van der Waals surface area contributed by atoms with Gasteiger partial charge in [-0.3, -0.25) is 0 Å². The van der Waals surface area contributed by atoms with E-state index in [1.165, 1.54) is 18.6 Å². The van der Waals surface area contributed by atoms with Crippen molar-refractivity contribution in [3.05, 3.63) is 59.5 Å². The summed E-state index contributed by atoms with van der Waals surface area (Å²) in [4.78, 5) is 4.64. The van der Waals surface area contributed by atoms with Gasteiger partial charge in [0.1, 0.15) is 11.6 Å².